The van der Waals surface area contributed by atoms with Crippen LogP contribution >= 0.6 is 0 Å². The molecule has 0 unspecified atom stereocenters. The van der Waals surface area contributed by atoms with Crippen LogP contribution in [0.4, 0.5) is 5.82 Å². The van der Waals surface area contributed by atoms with Crippen molar-refractivity contribution in [1.82, 2.24) is 10.3 Å². The number of aromatic nitrogens is 1. The van der Waals surface area contributed by atoms with Gasteiger partial charge >= 0.3 is 5.97 Å². The lowest BCUT2D eigenvalue weighted by molar-refractivity contribution is 0.0696. The predicted octanol–water partition coefficient (Wildman–Crippen LogP) is 0.888. The summed E-state index contributed by atoms with van der Waals surface area (Å²) in [5.41, 5.74) is 1.06. The maximum atomic E-state index is 11.0. The Hall–Kier alpha value is -1.62. The minimum Gasteiger partial charge on any atom is -0.478 e. The first-order valence-electron chi connectivity index (χ1n) is 5.84. The summed E-state index contributed by atoms with van der Waals surface area (Å²) in [6.45, 7) is 5.54. The Labute approximate surface area is 100 Å². The van der Waals surface area contributed by atoms with Crippen LogP contribution in [0, 0.1) is 6.92 Å². The van der Waals surface area contributed by atoms with Crippen LogP contribution in [-0.4, -0.2) is 42.2 Å². The molecule has 0 atom stereocenters. The van der Waals surface area contributed by atoms with Crippen molar-refractivity contribution < 1.29 is 9.90 Å². The van der Waals surface area contributed by atoms with Gasteiger partial charge in [0.05, 0.1) is 5.56 Å². The van der Waals surface area contributed by atoms with Gasteiger partial charge < -0.3 is 15.3 Å². The van der Waals surface area contributed by atoms with Gasteiger partial charge in [-0.2, -0.15) is 0 Å². The molecule has 1 fully saturated rings. The maximum absolute atomic E-state index is 11.0. The highest BCUT2D eigenvalue weighted by molar-refractivity contribution is 5.88. The predicted molar refractivity (Wildman–Crippen MR) is 65.6 cm³/mol. The third kappa shape index (κ3) is 2.94. The van der Waals surface area contributed by atoms with Crippen LogP contribution in [-0.2, 0) is 0 Å². The smallest absolute Gasteiger partial charge is 0.335 e. The molecule has 17 heavy (non-hydrogen) atoms. The lowest BCUT2D eigenvalue weighted by Gasteiger charge is -2.21. The first kappa shape index (κ1) is 11.9. The number of anilines is 1. The fraction of sp³-hybridized carbons (Fsp3) is 0.500. The Balaban J connectivity index is 2.27. The molecule has 1 aromatic heterocycles. The summed E-state index contributed by atoms with van der Waals surface area (Å²) in [5.74, 6) is -0.129. The van der Waals surface area contributed by atoms with E-state index in [2.05, 4.69) is 15.2 Å². The van der Waals surface area contributed by atoms with E-state index in [-0.39, 0.29) is 0 Å². The minimum atomic E-state index is -0.898. The number of rotatable bonds is 2. The summed E-state index contributed by atoms with van der Waals surface area (Å²) in [6, 6.07) is 3.25. The van der Waals surface area contributed by atoms with E-state index in [1.54, 1.807) is 12.1 Å². The molecule has 0 aliphatic carbocycles. The van der Waals surface area contributed by atoms with E-state index in [1.807, 2.05) is 6.92 Å². The summed E-state index contributed by atoms with van der Waals surface area (Å²) in [6.07, 6.45) is 1.05. The number of carboxylic acid groups (broad SMARTS) is 1. The fourth-order valence-corrected chi connectivity index (χ4v) is 2.01. The number of hydrogen-bond acceptors (Lipinski definition) is 4. The van der Waals surface area contributed by atoms with Crippen molar-refractivity contribution in [2.45, 2.75) is 13.3 Å². The Morgan fingerprint density at radius 3 is 3.00 bits per heavy atom. The molecule has 5 heteroatoms. The first-order chi connectivity index (χ1) is 8.16. The van der Waals surface area contributed by atoms with Crippen LogP contribution in [0.1, 0.15) is 22.5 Å². The van der Waals surface area contributed by atoms with Crippen LogP contribution < -0.4 is 10.2 Å². The van der Waals surface area contributed by atoms with Crippen LogP contribution in [0.25, 0.3) is 0 Å². The molecule has 1 aliphatic heterocycles. The molecule has 5 nitrogen and oxygen atoms in total. The van der Waals surface area contributed by atoms with Gasteiger partial charge in [0.1, 0.15) is 5.82 Å². The van der Waals surface area contributed by atoms with Gasteiger partial charge in [0.15, 0.2) is 0 Å². The van der Waals surface area contributed by atoms with Gasteiger partial charge in [-0.05, 0) is 32.0 Å². The highest BCUT2D eigenvalue weighted by atomic mass is 16.4. The number of carboxylic acids is 1. The number of carbonyl (C=O) groups is 1. The van der Waals surface area contributed by atoms with Gasteiger partial charge in [-0.1, -0.05) is 0 Å². The van der Waals surface area contributed by atoms with Crippen LogP contribution in [0.15, 0.2) is 12.1 Å². The van der Waals surface area contributed by atoms with E-state index < -0.39 is 5.97 Å². The second-order valence-electron chi connectivity index (χ2n) is 4.25. The molecule has 0 saturated carbocycles. The highest BCUT2D eigenvalue weighted by Crippen LogP contribution is 2.16. The maximum Gasteiger partial charge on any atom is 0.335 e. The van der Waals surface area contributed by atoms with Crippen molar-refractivity contribution in [1.29, 1.82) is 0 Å². The largest absolute Gasteiger partial charge is 0.478 e. The molecule has 0 spiro atoms. The second kappa shape index (κ2) is 5.14. The normalized spacial score (nSPS) is 16.6. The lowest BCUT2D eigenvalue weighted by Crippen LogP contribution is -2.29. The second-order valence-corrected chi connectivity index (χ2v) is 4.25. The van der Waals surface area contributed by atoms with Crippen LogP contribution in [0.2, 0.25) is 0 Å². The molecular weight excluding hydrogens is 218 g/mol. The van der Waals surface area contributed by atoms with E-state index in [0.717, 1.165) is 44.1 Å². The van der Waals surface area contributed by atoms with Crippen molar-refractivity contribution in [3.8, 4) is 0 Å². The molecule has 0 amide bonds. The molecule has 92 valence electrons. The van der Waals surface area contributed by atoms with E-state index in [1.165, 1.54) is 0 Å². The molecule has 1 aliphatic rings. The number of nitrogens with one attached hydrogen (secondary N) is 1. The molecule has 0 radical (unpaired) electrons. The zero-order chi connectivity index (χ0) is 12.3. The van der Waals surface area contributed by atoms with Gasteiger partial charge in [0.2, 0.25) is 0 Å². The zero-order valence-corrected chi connectivity index (χ0v) is 9.94. The van der Waals surface area contributed by atoms with E-state index >= 15 is 0 Å². The standard InChI is InChI=1S/C12H17N3O2/c1-9-7-10(12(16)17)8-11(14-9)15-5-2-3-13-4-6-15/h7-8,13H,2-6H2,1H3,(H,16,17). The van der Waals surface area contributed by atoms with Crippen LogP contribution in [0.5, 0.6) is 0 Å². The van der Waals surface area contributed by atoms with E-state index in [9.17, 15) is 4.79 Å². The van der Waals surface area contributed by atoms with Gasteiger partial charge in [-0.15, -0.1) is 0 Å². The average Bonchev–Trinajstić information content (AvgIpc) is 2.56. The number of aromatic carboxylic acids is 1. The van der Waals surface area contributed by atoms with Crippen molar-refractivity contribution in [2.75, 3.05) is 31.1 Å². The third-order valence-electron chi connectivity index (χ3n) is 2.85. The van der Waals surface area contributed by atoms with E-state index in [0.29, 0.717) is 5.56 Å². The molecule has 0 aromatic carbocycles. The first-order valence-corrected chi connectivity index (χ1v) is 5.84. The quantitative estimate of drug-likeness (QED) is 0.797. The van der Waals surface area contributed by atoms with Crippen molar-refractivity contribution >= 4 is 11.8 Å². The number of pyridine rings is 1. The number of aryl methyl sites for hydroxylation is 1. The van der Waals surface area contributed by atoms with Gasteiger partial charge in [0, 0.05) is 25.3 Å². The summed E-state index contributed by atoms with van der Waals surface area (Å²) in [4.78, 5) is 17.6. The topological polar surface area (TPSA) is 65.5 Å². The van der Waals surface area contributed by atoms with Gasteiger partial charge in [0.25, 0.3) is 0 Å². The SMILES string of the molecule is Cc1cc(C(=O)O)cc(N2CCCNCC2)n1. The molecule has 1 aromatic rings. The Morgan fingerprint density at radius 1 is 1.41 bits per heavy atom. The fourth-order valence-electron chi connectivity index (χ4n) is 2.01. The minimum absolute atomic E-state index is 0.310. The monoisotopic (exact) mass is 235 g/mol. The molecule has 1 saturated heterocycles. The summed E-state index contributed by atoms with van der Waals surface area (Å²) in [5, 5.41) is 12.3. The van der Waals surface area contributed by atoms with Crippen LogP contribution in [0.3, 0.4) is 0 Å². The molecular formula is C12H17N3O2. The van der Waals surface area contributed by atoms with Crippen molar-refractivity contribution in [2.24, 2.45) is 0 Å². The molecule has 2 N–H and O–H groups in total. The van der Waals surface area contributed by atoms with E-state index in [4.69, 9.17) is 5.11 Å². The number of hydrogen-bond donors (Lipinski definition) is 2. The lowest BCUT2D eigenvalue weighted by atomic mass is 10.2. The summed E-state index contributed by atoms with van der Waals surface area (Å²) in [7, 11) is 0. The average molecular weight is 235 g/mol. The van der Waals surface area contributed by atoms with Crippen molar-refractivity contribution in [3.63, 3.8) is 0 Å². The third-order valence-corrected chi connectivity index (χ3v) is 2.85. The highest BCUT2D eigenvalue weighted by Gasteiger charge is 2.13. The van der Waals surface area contributed by atoms with Gasteiger partial charge in [-0.3, -0.25) is 0 Å². The number of nitrogens with zero attached hydrogens (tertiary/aromatic N) is 2. The molecule has 0 bridgehead atoms. The summed E-state index contributed by atoms with van der Waals surface area (Å²) >= 11 is 0. The Morgan fingerprint density at radius 2 is 2.24 bits per heavy atom. The summed E-state index contributed by atoms with van der Waals surface area (Å²) < 4.78 is 0. The Bertz CT molecular complexity index is 412. The van der Waals surface area contributed by atoms with Gasteiger partial charge in [-0.25, -0.2) is 9.78 Å². The molecule has 2 heterocycles. The van der Waals surface area contributed by atoms with Crippen molar-refractivity contribution in [3.05, 3.63) is 23.4 Å². The Kier molecular flexibility index (Phi) is 3.58. The molecule has 2 rings (SSSR count). The zero-order valence-electron chi connectivity index (χ0n) is 9.94.